The summed E-state index contributed by atoms with van der Waals surface area (Å²) in [5.74, 6) is 0. The Morgan fingerprint density at radius 1 is 1.10 bits per heavy atom. The van der Waals surface area contributed by atoms with Crippen LogP contribution >= 0.6 is 0 Å². The van der Waals surface area contributed by atoms with E-state index >= 15 is 0 Å². The third kappa shape index (κ3) is 2.64. The molecular formula is C19H20N2. The minimum absolute atomic E-state index is 0.610. The lowest BCUT2D eigenvalue weighted by molar-refractivity contribution is 0.547. The Bertz CT molecular complexity index is 684. The number of rotatable bonds is 2. The topological polar surface area (TPSA) is 35.8 Å². The van der Waals surface area contributed by atoms with Gasteiger partial charge in [-0.1, -0.05) is 36.4 Å². The van der Waals surface area contributed by atoms with Gasteiger partial charge in [-0.25, -0.2) is 0 Å². The lowest BCUT2D eigenvalue weighted by Crippen LogP contribution is -2.34. The minimum atomic E-state index is -0.610. The zero-order chi connectivity index (χ0) is 14.7. The summed E-state index contributed by atoms with van der Waals surface area (Å²) in [6.45, 7) is 2.07. The molecule has 1 atom stereocenters. The number of aryl methyl sites for hydroxylation is 2. The lowest BCUT2D eigenvalue weighted by Gasteiger charge is -2.30. The van der Waals surface area contributed by atoms with Crippen molar-refractivity contribution in [3.05, 3.63) is 65.2 Å². The van der Waals surface area contributed by atoms with Gasteiger partial charge >= 0.3 is 0 Å². The van der Waals surface area contributed by atoms with Crippen molar-refractivity contribution in [1.29, 1.82) is 5.26 Å². The SMILES string of the molecule is Cc1cccc(NC2(C#N)CCCCc3ccccc32)c1. The molecular weight excluding hydrogens is 256 g/mol. The van der Waals surface area contributed by atoms with Gasteiger partial charge < -0.3 is 5.32 Å². The summed E-state index contributed by atoms with van der Waals surface area (Å²) in [5, 5.41) is 13.5. The molecule has 0 fully saturated rings. The standard InChI is InChI=1S/C19H20N2/c1-15-7-6-10-17(13-15)21-19(14-20)12-5-4-9-16-8-2-3-11-18(16)19/h2-3,6-8,10-11,13,21H,4-5,9,12H2,1H3. The van der Waals surface area contributed by atoms with E-state index in [1.165, 1.54) is 11.1 Å². The van der Waals surface area contributed by atoms with Gasteiger partial charge in [0.25, 0.3) is 0 Å². The maximum absolute atomic E-state index is 9.93. The Kier molecular flexibility index (Phi) is 3.66. The molecule has 0 spiro atoms. The van der Waals surface area contributed by atoms with Crippen LogP contribution < -0.4 is 5.32 Å². The van der Waals surface area contributed by atoms with Gasteiger partial charge in [-0.3, -0.25) is 0 Å². The van der Waals surface area contributed by atoms with Crippen LogP contribution in [-0.4, -0.2) is 0 Å². The predicted molar refractivity (Wildman–Crippen MR) is 86.1 cm³/mol. The average molecular weight is 276 g/mol. The van der Waals surface area contributed by atoms with Crippen molar-refractivity contribution in [1.82, 2.24) is 0 Å². The molecule has 1 aliphatic rings. The summed E-state index contributed by atoms with van der Waals surface area (Å²) in [6.07, 6.45) is 4.14. The largest absolute Gasteiger partial charge is 0.364 e. The second-order valence-corrected chi connectivity index (χ2v) is 5.88. The van der Waals surface area contributed by atoms with Crippen LogP contribution in [0.5, 0.6) is 0 Å². The number of hydrogen-bond donors (Lipinski definition) is 1. The van der Waals surface area contributed by atoms with Gasteiger partial charge in [-0.15, -0.1) is 0 Å². The van der Waals surface area contributed by atoms with E-state index in [0.29, 0.717) is 0 Å². The van der Waals surface area contributed by atoms with E-state index in [1.54, 1.807) is 0 Å². The molecule has 0 amide bonds. The van der Waals surface area contributed by atoms with Crippen LogP contribution in [-0.2, 0) is 12.0 Å². The van der Waals surface area contributed by atoms with Crippen LogP contribution in [0.15, 0.2) is 48.5 Å². The molecule has 0 bridgehead atoms. The molecule has 0 aliphatic heterocycles. The Hall–Kier alpha value is -2.27. The maximum Gasteiger partial charge on any atom is 0.151 e. The van der Waals surface area contributed by atoms with Crippen LogP contribution in [0.1, 0.15) is 36.0 Å². The number of hydrogen-bond acceptors (Lipinski definition) is 2. The quantitative estimate of drug-likeness (QED) is 0.817. The van der Waals surface area contributed by atoms with Crippen molar-refractivity contribution in [2.45, 2.75) is 38.1 Å². The molecule has 1 unspecified atom stereocenters. The summed E-state index contributed by atoms with van der Waals surface area (Å²) in [6, 6.07) is 19.2. The first-order valence-electron chi connectivity index (χ1n) is 7.58. The Balaban J connectivity index is 2.05. The van der Waals surface area contributed by atoms with Crippen molar-refractivity contribution in [3.63, 3.8) is 0 Å². The van der Waals surface area contributed by atoms with E-state index in [1.807, 2.05) is 18.2 Å². The van der Waals surface area contributed by atoms with Crippen LogP contribution in [0.25, 0.3) is 0 Å². The molecule has 0 heterocycles. The summed E-state index contributed by atoms with van der Waals surface area (Å²) >= 11 is 0. The molecule has 0 saturated heterocycles. The summed E-state index contributed by atoms with van der Waals surface area (Å²) in [4.78, 5) is 0. The summed E-state index contributed by atoms with van der Waals surface area (Å²) in [7, 11) is 0. The molecule has 1 aliphatic carbocycles. The Labute approximate surface area is 126 Å². The summed E-state index contributed by atoms with van der Waals surface area (Å²) in [5.41, 5.74) is 4.06. The smallest absolute Gasteiger partial charge is 0.151 e. The van der Waals surface area contributed by atoms with Crippen LogP contribution in [0.4, 0.5) is 5.69 Å². The monoisotopic (exact) mass is 276 g/mol. The number of nitrogens with zero attached hydrogens (tertiary/aromatic N) is 1. The highest BCUT2D eigenvalue weighted by Gasteiger charge is 2.35. The van der Waals surface area contributed by atoms with Gasteiger partial charge in [0, 0.05) is 5.69 Å². The van der Waals surface area contributed by atoms with E-state index in [4.69, 9.17) is 0 Å². The van der Waals surface area contributed by atoms with Crippen LogP contribution in [0, 0.1) is 18.3 Å². The van der Waals surface area contributed by atoms with Gasteiger partial charge in [0.2, 0.25) is 0 Å². The van der Waals surface area contributed by atoms with Crippen molar-refractivity contribution in [2.75, 3.05) is 5.32 Å². The normalized spacial score (nSPS) is 21.0. The van der Waals surface area contributed by atoms with Gasteiger partial charge in [0.05, 0.1) is 6.07 Å². The van der Waals surface area contributed by atoms with Gasteiger partial charge in [0.15, 0.2) is 5.54 Å². The number of anilines is 1. The fourth-order valence-electron chi connectivity index (χ4n) is 3.24. The number of benzene rings is 2. The first kappa shape index (κ1) is 13.7. The fourth-order valence-corrected chi connectivity index (χ4v) is 3.24. The molecule has 1 N–H and O–H groups in total. The van der Waals surface area contributed by atoms with Gasteiger partial charge in [0.1, 0.15) is 0 Å². The van der Waals surface area contributed by atoms with E-state index in [0.717, 1.165) is 36.9 Å². The molecule has 0 aromatic heterocycles. The van der Waals surface area contributed by atoms with E-state index in [-0.39, 0.29) is 0 Å². The van der Waals surface area contributed by atoms with Gasteiger partial charge in [-0.05, 0) is 61.4 Å². The first-order chi connectivity index (χ1) is 10.2. The van der Waals surface area contributed by atoms with Gasteiger partial charge in [-0.2, -0.15) is 5.26 Å². The van der Waals surface area contributed by atoms with Crippen LogP contribution in [0.3, 0.4) is 0 Å². The van der Waals surface area contributed by atoms with E-state index in [9.17, 15) is 5.26 Å². The zero-order valence-electron chi connectivity index (χ0n) is 12.4. The van der Waals surface area contributed by atoms with Crippen molar-refractivity contribution in [3.8, 4) is 6.07 Å². The third-order valence-corrected chi connectivity index (χ3v) is 4.29. The third-order valence-electron chi connectivity index (χ3n) is 4.29. The Morgan fingerprint density at radius 2 is 1.95 bits per heavy atom. The number of fused-ring (bicyclic) bond motifs is 1. The maximum atomic E-state index is 9.93. The average Bonchev–Trinajstić information content (AvgIpc) is 2.68. The highest BCUT2D eigenvalue weighted by molar-refractivity contribution is 5.54. The van der Waals surface area contributed by atoms with E-state index in [2.05, 4.69) is 48.6 Å². The molecule has 2 aromatic rings. The molecule has 106 valence electrons. The van der Waals surface area contributed by atoms with E-state index < -0.39 is 5.54 Å². The van der Waals surface area contributed by atoms with Crippen molar-refractivity contribution >= 4 is 5.69 Å². The lowest BCUT2D eigenvalue weighted by atomic mass is 9.85. The van der Waals surface area contributed by atoms with Crippen molar-refractivity contribution < 1.29 is 0 Å². The number of nitrogens with one attached hydrogen (secondary N) is 1. The summed E-state index contributed by atoms with van der Waals surface area (Å²) < 4.78 is 0. The minimum Gasteiger partial charge on any atom is -0.364 e. The molecule has 2 heteroatoms. The molecule has 21 heavy (non-hydrogen) atoms. The van der Waals surface area contributed by atoms with Crippen LogP contribution in [0.2, 0.25) is 0 Å². The molecule has 0 radical (unpaired) electrons. The molecule has 2 nitrogen and oxygen atoms in total. The molecule has 2 aromatic carbocycles. The highest BCUT2D eigenvalue weighted by Crippen LogP contribution is 2.36. The first-order valence-corrected chi connectivity index (χ1v) is 7.58. The highest BCUT2D eigenvalue weighted by atomic mass is 15.0. The number of nitriles is 1. The zero-order valence-corrected chi connectivity index (χ0v) is 12.4. The molecule has 3 rings (SSSR count). The molecule has 0 saturated carbocycles. The predicted octanol–water partition coefficient (Wildman–Crippen LogP) is 4.55. The van der Waals surface area contributed by atoms with Crippen molar-refractivity contribution in [2.24, 2.45) is 0 Å². The Morgan fingerprint density at radius 3 is 2.76 bits per heavy atom. The second kappa shape index (κ2) is 5.61. The fraction of sp³-hybridized carbons (Fsp3) is 0.316. The second-order valence-electron chi connectivity index (χ2n) is 5.88.